The minimum atomic E-state index is -5.08. The lowest BCUT2D eigenvalue weighted by Gasteiger charge is -2.48. The zero-order chi connectivity index (χ0) is 23.4. The lowest BCUT2D eigenvalue weighted by molar-refractivity contribution is -0.192. The van der Waals surface area contributed by atoms with Crippen LogP contribution in [0, 0.1) is 6.92 Å². The molecule has 1 aromatic carbocycles. The maximum absolute atomic E-state index is 10.6. The average molecular weight is 454 g/mol. The first-order chi connectivity index (χ1) is 15.1. The van der Waals surface area contributed by atoms with Gasteiger partial charge in [-0.05, 0) is 37.5 Å². The van der Waals surface area contributed by atoms with E-state index in [9.17, 15) is 13.2 Å². The van der Waals surface area contributed by atoms with Crippen LogP contribution in [0.15, 0.2) is 36.8 Å². The van der Waals surface area contributed by atoms with E-state index in [-0.39, 0.29) is 5.60 Å². The molecule has 0 bridgehead atoms. The summed E-state index contributed by atoms with van der Waals surface area (Å²) in [6, 6.07) is 8.83. The number of carbonyl (C=O) groups is 1. The molecule has 32 heavy (non-hydrogen) atoms. The normalized spacial score (nSPS) is 21.8. The van der Waals surface area contributed by atoms with Crippen LogP contribution >= 0.6 is 0 Å². The number of nitrogens with zero attached hydrogens (tertiary/aromatic N) is 4. The van der Waals surface area contributed by atoms with E-state index in [1.807, 2.05) is 12.5 Å². The molecule has 1 unspecified atom stereocenters. The zero-order valence-corrected chi connectivity index (χ0v) is 18.3. The molecule has 0 amide bonds. The van der Waals surface area contributed by atoms with Gasteiger partial charge in [-0.1, -0.05) is 12.1 Å². The molecule has 0 saturated carbocycles. The fraction of sp³-hybridized carbons (Fsp3) is 0.545. The number of rotatable bonds is 3. The molecule has 2 aliphatic heterocycles. The Bertz CT molecular complexity index is 914. The maximum Gasteiger partial charge on any atom is 0.490 e. The SMILES string of the molecule is Cc1cccc(N2CCCC3(CN(Cc4cncn4C)CCO3)C2)c1.O=C(O)C(F)(F)F. The fourth-order valence-corrected chi connectivity index (χ4v) is 4.21. The Hall–Kier alpha value is -2.59. The molecule has 2 saturated heterocycles. The molecule has 10 heteroatoms. The van der Waals surface area contributed by atoms with Gasteiger partial charge in [-0.2, -0.15) is 13.2 Å². The number of imidazole rings is 1. The average Bonchev–Trinajstić information content (AvgIpc) is 3.12. The third-order valence-electron chi connectivity index (χ3n) is 5.78. The minimum Gasteiger partial charge on any atom is -0.475 e. The van der Waals surface area contributed by atoms with Crippen LogP contribution in [0.25, 0.3) is 0 Å². The second kappa shape index (κ2) is 9.91. The van der Waals surface area contributed by atoms with Gasteiger partial charge in [0.25, 0.3) is 0 Å². The van der Waals surface area contributed by atoms with Crippen molar-refractivity contribution in [3.63, 3.8) is 0 Å². The smallest absolute Gasteiger partial charge is 0.475 e. The van der Waals surface area contributed by atoms with Gasteiger partial charge in [0.15, 0.2) is 0 Å². The highest BCUT2D eigenvalue weighted by Gasteiger charge is 2.41. The van der Waals surface area contributed by atoms with Gasteiger partial charge < -0.3 is 19.3 Å². The number of morpholine rings is 1. The number of aryl methyl sites for hydroxylation is 2. The van der Waals surface area contributed by atoms with Gasteiger partial charge in [0.2, 0.25) is 0 Å². The first kappa shape index (κ1) is 24.1. The van der Waals surface area contributed by atoms with E-state index < -0.39 is 12.1 Å². The second-order valence-corrected chi connectivity index (χ2v) is 8.41. The summed E-state index contributed by atoms with van der Waals surface area (Å²) < 4.78 is 40.2. The Morgan fingerprint density at radius 3 is 2.66 bits per heavy atom. The van der Waals surface area contributed by atoms with Crippen LogP contribution < -0.4 is 4.90 Å². The highest BCUT2D eigenvalue weighted by Crippen LogP contribution is 2.32. The minimum absolute atomic E-state index is 0.0428. The monoisotopic (exact) mass is 454 g/mol. The standard InChI is InChI=1S/C20H28N4O.C2HF3O2/c1-17-5-3-6-18(11-17)24-8-4-7-20(15-24)14-23(9-10-25-20)13-19-12-21-16-22(19)2;3-2(4,5)1(6)7/h3,5-6,11-12,16H,4,7-10,13-15H2,1-2H3;(H,6,7). The fourth-order valence-electron chi connectivity index (χ4n) is 4.21. The molecule has 1 aromatic heterocycles. The number of hydrogen-bond donors (Lipinski definition) is 1. The Balaban J connectivity index is 0.000000360. The number of benzene rings is 1. The number of aliphatic carboxylic acids is 1. The van der Waals surface area contributed by atoms with Crippen LogP contribution in [0.4, 0.5) is 18.9 Å². The molecule has 4 rings (SSSR count). The quantitative estimate of drug-likeness (QED) is 0.768. The Kier molecular flexibility index (Phi) is 7.45. The summed E-state index contributed by atoms with van der Waals surface area (Å²) in [5.74, 6) is -2.76. The molecule has 0 aliphatic carbocycles. The van der Waals surface area contributed by atoms with Crippen LogP contribution in [-0.2, 0) is 23.1 Å². The lowest BCUT2D eigenvalue weighted by atomic mass is 9.90. The number of carboxylic acid groups (broad SMARTS) is 1. The van der Waals surface area contributed by atoms with Crippen molar-refractivity contribution in [3.05, 3.63) is 48.0 Å². The second-order valence-electron chi connectivity index (χ2n) is 8.41. The predicted octanol–water partition coefficient (Wildman–Crippen LogP) is 3.23. The van der Waals surface area contributed by atoms with Crippen molar-refractivity contribution in [1.29, 1.82) is 0 Å². The predicted molar refractivity (Wildman–Crippen MR) is 113 cm³/mol. The Morgan fingerprint density at radius 1 is 1.28 bits per heavy atom. The third-order valence-corrected chi connectivity index (χ3v) is 5.78. The van der Waals surface area contributed by atoms with Crippen molar-refractivity contribution in [2.24, 2.45) is 7.05 Å². The number of hydrogen-bond acceptors (Lipinski definition) is 5. The van der Waals surface area contributed by atoms with Crippen LogP contribution in [0.2, 0.25) is 0 Å². The van der Waals surface area contributed by atoms with Gasteiger partial charge in [0.05, 0.1) is 24.2 Å². The first-order valence-corrected chi connectivity index (χ1v) is 10.5. The molecule has 1 spiro atoms. The molecule has 1 N–H and O–H groups in total. The largest absolute Gasteiger partial charge is 0.490 e. The summed E-state index contributed by atoms with van der Waals surface area (Å²) in [6.07, 6.45) is 1.11. The highest BCUT2D eigenvalue weighted by atomic mass is 19.4. The highest BCUT2D eigenvalue weighted by molar-refractivity contribution is 5.73. The summed E-state index contributed by atoms with van der Waals surface area (Å²) >= 11 is 0. The van der Waals surface area contributed by atoms with E-state index >= 15 is 0 Å². The van der Waals surface area contributed by atoms with Crippen molar-refractivity contribution in [1.82, 2.24) is 14.5 Å². The molecular weight excluding hydrogens is 425 g/mol. The van der Waals surface area contributed by atoms with Crippen molar-refractivity contribution in [3.8, 4) is 0 Å². The van der Waals surface area contributed by atoms with Crippen molar-refractivity contribution in [2.75, 3.05) is 37.7 Å². The molecule has 3 heterocycles. The molecule has 2 aliphatic rings. The van der Waals surface area contributed by atoms with E-state index in [1.54, 1.807) is 0 Å². The molecule has 2 aromatic rings. The number of aromatic nitrogens is 2. The topological polar surface area (TPSA) is 70.8 Å². The van der Waals surface area contributed by atoms with Gasteiger partial charge in [-0.3, -0.25) is 4.90 Å². The lowest BCUT2D eigenvalue weighted by Crippen LogP contribution is -2.59. The van der Waals surface area contributed by atoms with Crippen molar-refractivity contribution in [2.45, 2.75) is 38.1 Å². The van der Waals surface area contributed by atoms with Crippen LogP contribution in [0.1, 0.15) is 24.1 Å². The summed E-state index contributed by atoms with van der Waals surface area (Å²) in [7, 11) is 2.07. The van der Waals surface area contributed by atoms with Crippen LogP contribution in [0.5, 0.6) is 0 Å². The number of piperidine rings is 1. The third kappa shape index (κ3) is 6.23. The van der Waals surface area contributed by atoms with Gasteiger partial charge >= 0.3 is 12.1 Å². The van der Waals surface area contributed by atoms with Crippen molar-refractivity contribution >= 4 is 11.7 Å². The molecule has 2 fully saturated rings. The van der Waals surface area contributed by atoms with Gasteiger partial charge in [0, 0.05) is 51.7 Å². The molecule has 0 radical (unpaired) electrons. The van der Waals surface area contributed by atoms with Gasteiger partial charge in [-0.25, -0.2) is 9.78 Å². The number of alkyl halides is 3. The van der Waals surface area contributed by atoms with E-state index in [0.717, 1.165) is 45.8 Å². The molecule has 1 atom stereocenters. The summed E-state index contributed by atoms with van der Waals surface area (Å²) in [6.45, 7) is 8.04. The molecule has 176 valence electrons. The van der Waals surface area contributed by atoms with Crippen molar-refractivity contribution < 1.29 is 27.8 Å². The summed E-state index contributed by atoms with van der Waals surface area (Å²) in [5, 5.41) is 7.12. The van der Waals surface area contributed by atoms with Gasteiger partial charge in [0.1, 0.15) is 0 Å². The number of carboxylic acids is 1. The van der Waals surface area contributed by atoms with E-state index in [2.05, 4.69) is 57.6 Å². The molecule has 7 nitrogen and oxygen atoms in total. The van der Waals surface area contributed by atoms with E-state index in [1.165, 1.54) is 23.4 Å². The zero-order valence-electron chi connectivity index (χ0n) is 18.3. The number of ether oxygens (including phenoxy) is 1. The summed E-state index contributed by atoms with van der Waals surface area (Å²) in [4.78, 5) is 18.2. The van der Waals surface area contributed by atoms with E-state index in [0.29, 0.717) is 0 Å². The number of anilines is 1. The van der Waals surface area contributed by atoms with E-state index in [4.69, 9.17) is 14.6 Å². The summed E-state index contributed by atoms with van der Waals surface area (Å²) in [5.41, 5.74) is 3.87. The molecular formula is C22H29F3N4O3. The number of halogens is 3. The Morgan fingerprint density at radius 2 is 2.03 bits per heavy atom. The van der Waals surface area contributed by atoms with Crippen LogP contribution in [0.3, 0.4) is 0 Å². The first-order valence-electron chi connectivity index (χ1n) is 10.5. The van der Waals surface area contributed by atoms with Gasteiger partial charge in [-0.15, -0.1) is 0 Å². The Labute approximate surface area is 185 Å². The van der Waals surface area contributed by atoms with Crippen LogP contribution in [-0.4, -0.2) is 70.1 Å². The maximum atomic E-state index is 10.6.